The average molecular weight is 316 g/mol. The van der Waals surface area contributed by atoms with Crippen molar-refractivity contribution in [3.8, 4) is 5.75 Å². The first-order valence-corrected chi connectivity index (χ1v) is 8.83. The van der Waals surface area contributed by atoms with E-state index in [-0.39, 0.29) is 11.9 Å². The van der Waals surface area contributed by atoms with E-state index >= 15 is 0 Å². The van der Waals surface area contributed by atoms with E-state index in [2.05, 4.69) is 12.3 Å². The molecule has 1 heterocycles. The molecular formula is C14H21FN2OS2. The molecule has 0 amide bonds. The van der Waals surface area contributed by atoms with Crippen molar-refractivity contribution in [3.63, 3.8) is 0 Å². The second-order valence-electron chi connectivity index (χ2n) is 4.68. The van der Waals surface area contributed by atoms with E-state index in [1.54, 1.807) is 13.2 Å². The van der Waals surface area contributed by atoms with Gasteiger partial charge in [0.15, 0.2) is 0 Å². The lowest BCUT2D eigenvalue weighted by Gasteiger charge is -2.36. The van der Waals surface area contributed by atoms with Gasteiger partial charge in [0.2, 0.25) is 0 Å². The summed E-state index contributed by atoms with van der Waals surface area (Å²) in [6.45, 7) is 2.19. The molecule has 3 atom stereocenters. The number of ether oxygens (including phenoxy) is 1. The summed E-state index contributed by atoms with van der Waals surface area (Å²) in [5.74, 6) is 8.46. The fraction of sp³-hybridized carbons (Fsp3) is 0.571. The highest BCUT2D eigenvalue weighted by atomic mass is 32.2. The summed E-state index contributed by atoms with van der Waals surface area (Å²) in [4.78, 5) is 0. The summed E-state index contributed by atoms with van der Waals surface area (Å²) in [7, 11) is 1.60. The first-order valence-electron chi connectivity index (χ1n) is 6.74. The maximum absolute atomic E-state index is 13.6. The van der Waals surface area contributed by atoms with Crippen molar-refractivity contribution in [3.05, 3.63) is 29.6 Å². The Balaban J connectivity index is 2.33. The number of nitrogens with two attached hydrogens (primary N) is 1. The maximum atomic E-state index is 13.6. The van der Waals surface area contributed by atoms with Gasteiger partial charge < -0.3 is 4.74 Å². The van der Waals surface area contributed by atoms with Crippen molar-refractivity contribution in [1.29, 1.82) is 0 Å². The van der Waals surface area contributed by atoms with Crippen LogP contribution in [-0.4, -0.2) is 29.1 Å². The van der Waals surface area contributed by atoms with Crippen LogP contribution in [0.2, 0.25) is 0 Å². The summed E-state index contributed by atoms with van der Waals surface area (Å²) in [6.07, 6.45) is 1.08. The fourth-order valence-electron chi connectivity index (χ4n) is 2.56. The molecular weight excluding hydrogens is 295 g/mol. The van der Waals surface area contributed by atoms with Crippen LogP contribution in [0.4, 0.5) is 4.39 Å². The maximum Gasteiger partial charge on any atom is 0.123 e. The van der Waals surface area contributed by atoms with Crippen LogP contribution in [0.3, 0.4) is 0 Å². The minimum Gasteiger partial charge on any atom is -0.496 e. The standard InChI is InChI=1S/C14H21FN2OS2/c1-3-12-14(20-7-6-19-12)13(17-16)10-8-9(15)4-5-11(10)18-2/h4-5,8,12-14,17H,3,6-7,16H2,1-2H3. The number of thioether (sulfide) groups is 2. The van der Waals surface area contributed by atoms with Crippen molar-refractivity contribution in [1.82, 2.24) is 5.43 Å². The summed E-state index contributed by atoms with van der Waals surface area (Å²) in [5.41, 5.74) is 3.67. The van der Waals surface area contributed by atoms with Gasteiger partial charge in [-0.25, -0.2) is 4.39 Å². The van der Waals surface area contributed by atoms with Crippen molar-refractivity contribution in [2.45, 2.75) is 29.9 Å². The number of hydrazine groups is 1. The molecule has 0 radical (unpaired) electrons. The number of nitrogens with one attached hydrogen (secondary N) is 1. The predicted molar refractivity (Wildman–Crippen MR) is 85.8 cm³/mol. The Kier molecular flexibility index (Phi) is 6.01. The minimum atomic E-state index is -0.262. The molecule has 0 saturated carbocycles. The fourth-order valence-corrected chi connectivity index (χ4v) is 5.78. The number of benzene rings is 1. The van der Waals surface area contributed by atoms with E-state index in [1.165, 1.54) is 12.1 Å². The van der Waals surface area contributed by atoms with Gasteiger partial charge in [-0.1, -0.05) is 6.92 Å². The Labute approximate surface area is 128 Å². The molecule has 1 saturated heterocycles. The molecule has 1 aromatic carbocycles. The molecule has 3 unspecified atom stereocenters. The van der Waals surface area contributed by atoms with Crippen LogP contribution in [0, 0.1) is 5.82 Å². The third-order valence-electron chi connectivity index (χ3n) is 3.53. The lowest BCUT2D eigenvalue weighted by Crippen LogP contribution is -2.41. The summed E-state index contributed by atoms with van der Waals surface area (Å²) in [5, 5.41) is 0.835. The number of hydrogen-bond donors (Lipinski definition) is 2. The number of halogens is 1. The van der Waals surface area contributed by atoms with E-state index in [0.717, 1.165) is 23.5 Å². The zero-order valence-electron chi connectivity index (χ0n) is 11.8. The molecule has 0 bridgehead atoms. The highest BCUT2D eigenvalue weighted by molar-refractivity contribution is 8.07. The lowest BCUT2D eigenvalue weighted by atomic mass is 9.99. The molecule has 1 aliphatic heterocycles. The second kappa shape index (κ2) is 7.54. The Morgan fingerprint density at radius 1 is 1.45 bits per heavy atom. The summed E-state index contributed by atoms with van der Waals surface area (Å²) in [6, 6.07) is 4.49. The average Bonchev–Trinajstić information content (AvgIpc) is 2.49. The molecule has 112 valence electrons. The third kappa shape index (κ3) is 3.42. The Hall–Kier alpha value is -0.430. The molecule has 1 aliphatic rings. The summed E-state index contributed by atoms with van der Waals surface area (Å²) < 4.78 is 19.0. The van der Waals surface area contributed by atoms with Crippen LogP contribution >= 0.6 is 23.5 Å². The quantitative estimate of drug-likeness (QED) is 0.646. The first-order chi connectivity index (χ1) is 9.71. The van der Waals surface area contributed by atoms with Gasteiger partial charge in [0.25, 0.3) is 0 Å². The second-order valence-corrected chi connectivity index (χ2v) is 7.32. The molecule has 6 heteroatoms. The highest BCUT2D eigenvalue weighted by Crippen LogP contribution is 2.42. The van der Waals surface area contributed by atoms with Crippen LogP contribution in [0.25, 0.3) is 0 Å². The molecule has 3 nitrogen and oxygen atoms in total. The van der Waals surface area contributed by atoms with Crippen molar-refractivity contribution < 1.29 is 9.13 Å². The Morgan fingerprint density at radius 3 is 2.85 bits per heavy atom. The highest BCUT2D eigenvalue weighted by Gasteiger charge is 2.34. The first kappa shape index (κ1) is 15.9. The monoisotopic (exact) mass is 316 g/mol. The molecule has 2 rings (SSSR count). The van der Waals surface area contributed by atoms with Gasteiger partial charge >= 0.3 is 0 Å². The molecule has 1 aromatic rings. The largest absolute Gasteiger partial charge is 0.496 e. The van der Waals surface area contributed by atoms with Gasteiger partial charge in [-0.2, -0.15) is 23.5 Å². The molecule has 0 aromatic heterocycles. The minimum absolute atomic E-state index is 0.108. The van der Waals surface area contributed by atoms with Crippen molar-refractivity contribution in [2.75, 3.05) is 18.6 Å². The smallest absolute Gasteiger partial charge is 0.123 e. The van der Waals surface area contributed by atoms with Gasteiger partial charge in [-0.05, 0) is 24.6 Å². The zero-order chi connectivity index (χ0) is 14.5. The van der Waals surface area contributed by atoms with Crippen LogP contribution in [0.1, 0.15) is 24.9 Å². The molecule has 0 aliphatic carbocycles. The Bertz CT molecular complexity index is 447. The molecule has 3 N–H and O–H groups in total. The Morgan fingerprint density at radius 2 is 2.20 bits per heavy atom. The van der Waals surface area contributed by atoms with Crippen LogP contribution in [0.5, 0.6) is 5.75 Å². The SMILES string of the molecule is CCC1SCCSC1C(NN)c1cc(F)ccc1OC. The van der Waals surface area contributed by atoms with Crippen LogP contribution < -0.4 is 16.0 Å². The molecule has 0 spiro atoms. The topological polar surface area (TPSA) is 47.3 Å². The predicted octanol–water partition coefficient (Wildman–Crippen LogP) is 2.97. The third-order valence-corrected chi connectivity index (χ3v) is 6.88. The van der Waals surface area contributed by atoms with E-state index in [9.17, 15) is 4.39 Å². The molecule has 1 fully saturated rings. The number of hydrogen-bond acceptors (Lipinski definition) is 5. The zero-order valence-corrected chi connectivity index (χ0v) is 13.4. The van der Waals surface area contributed by atoms with Crippen molar-refractivity contribution in [2.24, 2.45) is 5.84 Å². The normalized spacial score (nSPS) is 24.4. The molecule has 20 heavy (non-hydrogen) atoms. The van der Waals surface area contributed by atoms with E-state index in [4.69, 9.17) is 10.6 Å². The van der Waals surface area contributed by atoms with Crippen molar-refractivity contribution >= 4 is 23.5 Å². The van der Waals surface area contributed by atoms with Gasteiger partial charge in [-0.3, -0.25) is 11.3 Å². The lowest BCUT2D eigenvalue weighted by molar-refractivity contribution is 0.394. The van der Waals surface area contributed by atoms with Crippen LogP contribution in [0.15, 0.2) is 18.2 Å². The van der Waals surface area contributed by atoms with Gasteiger partial charge in [0, 0.05) is 27.6 Å². The van der Waals surface area contributed by atoms with Gasteiger partial charge in [0.1, 0.15) is 11.6 Å². The number of methoxy groups -OCH3 is 1. The summed E-state index contributed by atoms with van der Waals surface area (Å²) >= 11 is 3.88. The van der Waals surface area contributed by atoms with E-state index in [0.29, 0.717) is 16.2 Å². The van der Waals surface area contributed by atoms with Crippen LogP contribution in [-0.2, 0) is 0 Å². The van der Waals surface area contributed by atoms with E-state index < -0.39 is 0 Å². The van der Waals surface area contributed by atoms with E-state index in [1.807, 2.05) is 23.5 Å². The van der Waals surface area contributed by atoms with Gasteiger partial charge in [-0.15, -0.1) is 0 Å². The number of rotatable bonds is 5. The van der Waals surface area contributed by atoms with Gasteiger partial charge in [0.05, 0.1) is 13.2 Å².